The number of carbonyl (C=O) groups excluding carboxylic acids is 2. The van der Waals surface area contributed by atoms with Crippen molar-refractivity contribution < 1.29 is 22.8 Å². The summed E-state index contributed by atoms with van der Waals surface area (Å²) in [5.41, 5.74) is 0. The molecule has 0 radical (unpaired) electrons. The zero-order valence-corrected chi connectivity index (χ0v) is 11.1. The van der Waals surface area contributed by atoms with Crippen LogP contribution in [0.5, 0.6) is 0 Å². The second-order valence-corrected chi connectivity index (χ2v) is 5.13. The van der Waals surface area contributed by atoms with Gasteiger partial charge in [-0.3, -0.25) is 9.59 Å². The molecule has 1 heterocycles. The van der Waals surface area contributed by atoms with Crippen LogP contribution in [-0.4, -0.2) is 42.5 Å². The molecule has 0 unspecified atom stereocenters. The largest absolute Gasteiger partial charge is 0.471 e. The number of hydrogen-bond acceptors (Lipinski definition) is 2. The van der Waals surface area contributed by atoms with Gasteiger partial charge in [-0.2, -0.15) is 13.2 Å². The molecule has 0 aliphatic carbocycles. The Labute approximate surface area is 110 Å². The van der Waals surface area contributed by atoms with Crippen LogP contribution < -0.4 is 5.32 Å². The van der Waals surface area contributed by atoms with Gasteiger partial charge in [-0.15, -0.1) is 0 Å². The Hall–Kier alpha value is -1.27. The van der Waals surface area contributed by atoms with Gasteiger partial charge >= 0.3 is 12.1 Å². The van der Waals surface area contributed by atoms with Gasteiger partial charge in [0.1, 0.15) is 0 Å². The molecule has 7 heteroatoms. The summed E-state index contributed by atoms with van der Waals surface area (Å²) >= 11 is 0. The fourth-order valence-corrected chi connectivity index (χ4v) is 2.06. The molecule has 0 atom stereocenters. The van der Waals surface area contributed by atoms with Crippen LogP contribution in [0.15, 0.2) is 0 Å². The lowest BCUT2D eigenvalue weighted by Crippen LogP contribution is -2.44. The summed E-state index contributed by atoms with van der Waals surface area (Å²) in [5, 5.41) is 1.89. The van der Waals surface area contributed by atoms with E-state index in [1.54, 1.807) is 4.90 Å². The standard InChI is InChI=1S/C12H19F3N2O2/c1-8(2)10(18)17-5-3-9(4-6-17)7-16-11(19)12(13,14)15/h8-9H,3-7H2,1-2H3,(H,16,19). The van der Waals surface area contributed by atoms with Crippen LogP contribution in [0.1, 0.15) is 26.7 Å². The molecule has 19 heavy (non-hydrogen) atoms. The summed E-state index contributed by atoms with van der Waals surface area (Å²) < 4.78 is 36.0. The highest BCUT2D eigenvalue weighted by Crippen LogP contribution is 2.19. The Morgan fingerprint density at radius 3 is 2.21 bits per heavy atom. The van der Waals surface area contributed by atoms with Crippen molar-refractivity contribution in [3.63, 3.8) is 0 Å². The zero-order valence-electron chi connectivity index (χ0n) is 11.1. The van der Waals surface area contributed by atoms with Gasteiger partial charge in [0.05, 0.1) is 0 Å². The van der Waals surface area contributed by atoms with E-state index in [4.69, 9.17) is 0 Å². The Bertz CT molecular complexity index is 334. The summed E-state index contributed by atoms with van der Waals surface area (Å²) in [4.78, 5) is 24.1. The number of likely N-dealkylation sites (tertiary alicyclic amines) is 1. The molecule has 0 spiro atoms. The molecule has 0 aromatic carbocycles. The second-order valence-electron chi connectivity index (χ2n) is 5.13. The normalized spacial score (nSPS) is 17.7. The first-order valence-electron chi connectivity index (χ1n) is 6.35. The quantitative estimate of drug-likeness (QED) is 0.853. The third kappa shape index (κ3) is 4.72. The van der Waals surface area contributed by atoms with E-state index in [1.807, 2.05) is 19.2 Å². The Morgan fingerprint density at radius 2 is 1.79 bits per heavy atom. The van der Waals surface area contributed by atoms with Crippen LogP contribution in [0.4, 0.5) is 13.2 Å². The minimum atomic E-state index is -4.83. The number of halogens is 3. The van der Waals surface area contributed by atoms with E-state index in [1.165, 1.54) is 0 Å². The summed E-state index contributed by atoms with van der Waals surface area (Å²) in [6.45, 7) is 4.74. The molecular formula is C12H19F3N2O2. The molecular weight excluding hydrogens is 261 g/mol. The molecule has 1 aliphatic heterocycles. The first-order valence-corrected chi connectivity index (χ1v) is 6.35. The van der Waals surface area contributed by atoms with Gasteiger partial charge in [0.2, 0.25) is 5.91 Å². The molecule has 110 valence electrons. The fourth-order valence-electron chi connectivity index (χ4n) is 2.06. The number of rotatable bonds is 3. The Kier molecular flexibility index (Phi) is 5.20. The maximum Gasteiger partial charge on any atom is 0.471 e. The number of hydrogen-bond donors (Lipinski definition) is 1. The highest BCUT2D eigenvalue weighted by Gasteiger charge is 2.38. The van der Waals surface area contributed by atoms with E-state index >= 15 is 0 Å². The number of amides is 2. The zero-order chi connectivity index (χ0) is 14.6. The highest BCUT2D eigenvalue weighted by molar-refractivity contribution is 5.81. The van der Waals surface area contributed by atoms with Crippen molar-refractivity contribution >= 4 is 11.8 Å². The van der Waals surface area contributed by atoms with Crippen LogP contribution in [-0.2, 0) is 9.59 Å². The van der Waals surface area contributed by atoms with E-state index in [0.717, 1.165) is 0 Å². The molecule has 1 rings (SSSR count). The van der Waals surface area contributed by atoms with Crippen molar-refractivity contribution in [2.75, 3.05) is 19.6 Å². The average molecular weight is 280 g/mol. The van der Waals surface area contributed by atoms with Crippen molar-refractivity contribution in [3.8, 4) is 0 Å². The Balaban J connectivity index is 2.31. The van der Waals surface area contributed by atoms with Gasteiger partial charge in [-0.1, -0.05) is 13.8 Å². The molecule has 0 saturated carbocycles. The van der Waals surface area contributed by atoms with Crippen LogP contribution >= 0.6 is 0 Å². The van der Waals surface area contributed by atoms with E-state index in [0.29, 0.717) is 25.9 Å². The lowest BCUT2D eigenvalue weighted by Gasteiger charge is -2.33. The monoisotopic (exact) mass is 280 g/mol. The molecule has 1 aliphatic rings. The summed E-state index contributed by atoms with van der Waals surface area (Å²) in [6, 6.07) is 0. The maximum absolute atomic E-state index is 12.0. The molecule has 1 N–H and O–H groups in total. The predicted octanol–water partition coefficient (Wildman–Crippen LogP) is 1.56. The van der Waals surface area contributed by atoms with Crippen molar-refractivity contribution in [1.29, 1.82) is 0 Å². The highest BCUT2D eigenvalue weighted by atomic mass is 19.4. The minimum absolute atomic E-state index is 0.00233. The van der Waals surface area contributed by atoms with Gasteiger partial charge in [0.15, 0.2) is 0 Å². The van der Waals surface area contributed by atoms with E-state index in [9.17, 15) is 22.8 Å². The van der Waals surface area contributed by atoms with Gasteiger partial charge in [-0.05, 0) is 18.8 Å². The smallest absolute Gasteiger partial charge is 0.348 e. The van der Waals surface area contributed by atoms with Gasteiger partial charge < -0.3 is 10.2 Å². The topological polar surface area (TPSA) is 49.4 Å². The molecule has 0 aromatic heterocycles. The van der Waals surface area contributed by atoms with Crippen molar-refractivity contribution in [2.24, 2.45) is 11.8 Å². The lowest BCUT2D eigenvalue weighted by molar-refractivity contribution is -0.173. The fraction of sp³-hybridized carbons (Fsp3) is 0.833. The average Bonchev–Trinajstić information content (AvgIpc) is 2.34. The number of alkyl halides is 3. The van der Waals surface area contributed by atoms with Gasteiger partial charge in [-0.25, -0.2) is 0 Å². The predicted molar refractivity (Wildman–Crippen MR) is 63.2 cm³/mol. The third-order valence-corrected chi connectivity index (χ3v) is 3.23. The van der Waals surface area contributed by atoms with Crippen molar-refractivity contribution in [2.45, 2.75) is 32.9 Å². The molecule has 1 saturated heterocycles. The maximum atomic E-state index is 12.0. The molecule has 1 fully saturated rings. The van der Waals surface area contributed by atoms with E-state index < -0.39 is 12.1 Å². The van der Waals surface area contributed by atoms with Crippen LogP contribution in [0.3, 0.4) is 0 Å². The van der Waals surface area contributed by atoms with Gasteiger partial charge in [0.25, 0.3) is 0 Å². The summed E-state index contributed by atoms with van der Waals surface area (Å²) in [7, 11) is 0. The third-order valence-electron chi connectivity index (χ3n) is 3.23. The summed E-state index contributed by atoms with van der Waals surface area (Å²) in [5.74, 6) is -1.89. The summed E-state index contributed by atoms with van der Waals surface area (Å²) in [6.07, 6.45) is -3.58. The number of carbonyl (C=O) groups is 2. The lowest BCUT2D eigenvalue weighted by atomic mass is 9.96. The Morgan fingerprint density at radius 1 is 1.26 bits per heavy atom. The van der Waals surface area contributed by atoms with Gasteiger partial charge in [0, 0.05) is 25.6 Å². The van der Waals surface area contributed by atoms with E-state index in [-0.39, 0.29) is 24.3 Å². The molecule has 0 bridgehead atoms. The van der Waals surface area contributed by atoms with E-state index in [2.05, 4.69) is 0 Å². The molecule has 0 aromatic rings. The molecule has 4 nitrogen and oxygen atoms in total. The second kappa shape index (κ2) is 6.25. The first-order chi connectivity index (χ1) is 8.71. The minimum Gasteiger partial charge on any atom is -0.348 e. The molecule has 2 amide bonds. The SMILES string of the molecule is CC(C)C(=O)N1CCC(CNC(=O)C(F)(F)F)CC1. The van der Waals surface area contributed by atoms with Crippen LogP contribution in [0.2, 0.25) is 0 Å². The first kappa shape index (κ1) is 15.8. The number of nitrogens with zero attached hydrogens (tertiary/aromatic N) is 1. The number of nitrogens with one attached hydrogen (secondary N) is 1. The van der Waals surface area contributed by atoms with Crippen molar-refractivity contribution in [3.05, 3.63) is 0 Å². The van der Waals surface area contributed by atoms with Crippen LogP contribution in [0, 0.1) is 11.8 Å². The van der Waals surface area contributed by atoms with Crippen LogP contribution in [0.25, 0.3) is 0 Å². The number of piperidine rings is 1. The van der Waals surface area contributed by atoms with Crippen molar-refractivity contribution in [1.82, 2.24) is 10.2 Å².